The Morgan fingerprint density at radius 1 is 1.28 bits per heavy atom. The highest BCUT2D eigenvalue weighted by atomic mass is 19.4. The number of aliphatic hydroxyl groups is 1. The molecule has 1 aromatic heterocycles. The van der Waals surface area contributed by atoms with Gasteiger partial charge in [0, 0.05) is 31.5 Å². The number of aryl methyl sites for hydroxylation is 1. The molecule has 0 radical (unpaired) electrons. The quantitative estimate of drug-likeness (QED) is 0.816. The molecule has 2 aliphatic rings. The number of alkyl halides is 3. The second kappa shape index (κ2) is 7.14. The summed E-state index contributed by atoms with van der Waals surface area (Å²) in [6.07, 6.45) is 1.46. The first-order valence-corrected chi connectivity index (χ1v) is 9.59. The Morgan fingerprint density at radius 2 is 1.93 bits per heavy atom. The van der Waals surface area contributed by atoms with Gasteiger partial charge in [-0.05, 0) is 37.8 Å². The molecule has 3 atom stereocenters. The highest BCUT2D eigenvalue weighted by Gasteiger charge is 2.50. The Hall–Kier alpha value is -2.39. The lowest BCUT2D eigenvalue weighted by Crippen LogP contribution is -2.52. The number of hydrogen-bond donors (Lipinski definition) is 2. The Balaban J connectivity index is 1.46. The lowest BCUT2D eigenvalue weighted by Gasteiger charge is -2.43. The minimum absolute atomic E-state index is 0.00182. The number of rotatable bonds is 4. The van der Waals surface area contributed by atoms with Crippen LogP contribution in [-0.2, 0) is 23.6 Å². The fraction of sp³-hybridized carbons (Fsp3) is 0.500. The molecule has 9 heteroatoms. The van der Waals surface area contributed by atoms with E-state index in [1.807, 2.05) is 11.9 Å². The van der Waals surface area contributed by atoms with Crippen LogP contribution in [0.25, 0.3) is 0 Å². The van der Waals surface area contributed by atoms with Gasteiger partial charge in [0.05, 0.1) is 17.8 Å². The third-order valence-corrected chi connectivity index (χ3v) is 5.99. The summed E-state index contributed by atoms with van der Waals surface area (Å²) >= 11 is 0. The van der Waals surface area contributed by atoms with Crippen LogP contribution in [0.3, 0.4) is 0 Å². The number of amides is 1. The van der Waals surface area contributed by atoms with E-state index >= 15 is 0 Å². The molecule has 2 aromatic rings. The number of imidazole rings is 1. The molecule has 2 aliphatic heterocycles. The summed E-state index contributed by atoms with van der Waals surface area (Å²) < 4.78 is 41.2. The van der Waals surface area contributed by atoms with E-state index in [0.717, 1.165) is 18.9 Å². The van der Waals surface area contributed by atoms with E-state index in [4.69, 9.17) is 0 Å². The van der Waals surface area contributed by atoms with E-state index in [1.54, 1.807) is 17.0 Å². The van der Waals surface area contributed by atoms with Crippen LogP contribution in [0.15, 0.2) is 36.7 Å². The Labute approximate surface area is 166 Å². The monoisotopic (exact) mass is 408 g/mol. The fourth-order valence-corrected chi connectivity index (χ4v) is 4.77. The van der Waals surface area contributed by atoms with Gasteiger partial charge in [0.1, 0.15) is 11.4 Å². The van der Waals surface area contributed by atoms with Crippen LogP contribution in [0.4, 0.5) is 18.9 Å². The van der Waals surface area contributed by atoms with Gasteiger partial charge in [-0.3, -0.25) is 9.69 Å². The number of anilines is 1. The van der Waals surface area contributed by atoms with Crippen molar-refractivity contribution in [3.8, 4) is 0 Å². The van der Waals surface area contributed by atoms with Crippen LogP contribution in [-0.4, -0.2) is 44.1 Å². The standard InChI is InChI=1S/C20H23F3N4O2/c1-26-9-8-24-18(26)19(29)10-13-6-7-14(11-19)27(13)12-17(28)25-16-5-3-2-4-15(16)20(21,22)23/h2-5,8-9,13-14,29H,6-7,10-12H2,1H3,(H,25,28)/t13-,14+,19?. The zero-order valence-electron chi connectivity index (χ0n) is 16.0. The molecule has 2 bridgehead atoms. The number of piperidine rings is 1. The Bertz CT molecular complexity index is 897. The molecule has 4 rings (SSSR count). The van der Waals surface area contributed by atoms with Crippen molar-refractivity contribution in [2.24, 2.45) is 7.05 Å². The third-order valence-electron chi connectivity index (χ3n) is 5.99. The lowest BCUT2D eigenvalue weighted by atomic mass is 9.85. The molecule has 0 spiro atoms. The van der Waals surface area contributed by atoms with Gasteiger partial charge in [-0.1, -0.05) is 12.1 Å². The summed E-state index contributed by atoms with van der Waals surface area (Å²) in [6.45, 7) is -0.00182. The molecule has 1 amide bonds. The first-order valence-electron chi connectivity index (χ1n) is 9.59. The summed E-state index contributed by atoms with van der Waals surface area (Å²) in [7, 11) is 1.83. The SMILES string of the molecule is Cn1ccnc1C1(O)C[C@H]2CC[C@@H](C1)N2CC(=O)Nc1ccccc1C(F)(F)F. The van der Waals surface area contributed by atoms with Crippen molar-refractivity contribution in [2.75, 3.05) is 11.9 Å². The van der Waals surface area contributed by atoms with E-state index in [2.05, 4.69) is 10.3 Å². The molecule has 3 heterocycles. The lowest BCUT2D eigenvalue weighted by molar-refractivity contribution is -0.137. The average Bonchev–Trinajstić information content (AvgIpc) is 3.17. The Kier molecular flexibility index (Phi) is 4.90. The number of carbonyl (C=O) groups excluding carboxylic acids is 1. The minimum atomic E-state index is -4.54. The molecular formula is C20H23F3N4O2. The average molecular weight is 408 g/mol. The molecule has 29 heavy (non-hydrogen) atoms. The maximum Gasteiger partial charge on any atom is 0.418 e. The van der Waals surface area contributed by atoms with Gasteiger partial charge >= 0.3 is 6.18 Å². The van der Waals surface area contributed by atoms with E-state index in [9.17, 15) is 23.1 Å². The fourth-order valence-electron chi connectivity index (χ4n) is 4.77. The van der Waals surface area contributed by atoms with Crippen molar-refractivity contribution in [2.45, 2.75) is 49.5 Å². The van der Waals surface area contributed by atoms with Gasteiger partial charge in [-0.25, -0.2) is 4.98 Å². The van der Waals surface area contributed by atoms with Gasteiger partial charge in [0.2, 0.25) is 5.91 Å². The highest BCUT2D eigenvalue weighted by molar-refractivity contribution is 5.93. The molecule has 0 saturated carbocycles. The number of carbonyl (C=O) groups is 1. The number of nitrogens with one attached hydrogen (secondary N) is 1. The number of halogens is 3. The van der Waals surface area contributed by atoms with Crippen molar-refractivity contribution in [1.29, 1.82) is 0 Å². The normalized spacial score (nSPS) is 27.2. The van der Waals surface area contributed by atoms with E-state index < -0.39 is 23.2 Å². The number of hydrogen-bond acceptors (Lipinski definition) is 4. The van der Waals surface area contributed by atoms with E-state index in [0.29, 0.717) is 18.7 Å². The van der Waals surface area contributed by atoms with Crippen molar-refractivity contribution in [1.82, 2.24) is 14.5 Å². The third kappa shape index (κ3) is 3.76. The molecule has 6 nitrogen and oxygen atoms in total. The summed E-state index contributed by atoms with van der Waals surface area (Å²) in [6, 6.07) is 4.93. The van der Waals surface area contributed by atoms with Crippen LogP contribution in [0.2, 0.25) is 0 Å². The highest BCUT2D eigenvalue weighted by Crippen LogP contribution is 2.45. The van der Waals surface area contributed by atoms with E-state index in [-0.39, 0.29) is 24.3 Å². The smallest absolute Gasteiger partial charge is 0.382 e. The second-order valence-electron chi connectivity index (χ2n) is 7.95. The largest absolute Gasteiger partial charge is 0.418 e. The van der Waals surface area contributed by atoms with Crippen LogP contribution in [0.5, 0.6) is 0 Å². The number of benzene rings is 1. The molecule has 0 aliphatic carbocycles. The van der Waals surface area contributed by atoms with Crippen molar-refractivity contribution in [3.05, 3.63) is 48.0 Å². The first-order chi connectivity index (χ1) is 13.7. The zero-order valence-corrected chi connectivity index (χ0v) is 16.0. The molecule has 2 fully saturated rings. The molecule has 156 valence electrons. The zero-order chi connectivity index (χ0) is 20.8. The predicted octanol–water partition coefficient (Wildman–Crippen LogP) is 2.89. The van der Waals surface area contributed by atoms with Crippen molar-refractivity contribution in [3.63, 3.8) is 0 Å². The number of aromatic nitrogens is 2. The summed E-state index contributed by atoms with van der Waals surface area (Å²) in [5, 5.41) is 13.6. The molecule has 2 saturated heterocycles. The van der Waals surface area contributed by atoms with Crippen LogP contribution in [0.1, 0.15) is 37.1 Å². The van der Waals surface area contributed by atoms with Crippen LogP contribution >= 0.6 is 0 Å². The van der Waals surface area contributed by atoms with Crippen molar-refractivity contribution >= 4 is 11.6 Å². The molecule has 1 unspecified atom stereocenters. The van der Waals surface area contributed by atoms with Gasteiger partial charge in [-0.15, -0.1) is 0 Å². The van der Waals surface area contributed by atoms with Crippen LogP contribution < -0.4 is 5.32 Å². The van der Waals surface area contributed by atoms with E-state index in [1.165, 1.54) is 18.2 Å². The minimum Gasteiger partial charge on any atom is -0.382 e. The molecular weight excluding hydrogens is 385 g/mol. The Morgan fingerprint density at radius 3 is 2.52 bits per heavy atom. The summed E-state index contributed by atoms with van der Waals surface area (Å²) in [5.74, 6) is 0.124. The molecule has 2 N–H and O–H groups in total. The maximum absolute atomic E-state index is 13.1. The van der Waals surface area contributed by atoms with Gasteiger partial charge in [0.15, 0.2) is 0 Å². The topological polar surface area (TPSA) is 70.4 Å². The van der Waals surface area contributed by atoms with Gasteiger partial charge < -0.3 is 15.0 Å². The maximum atomic E-state index is 13.1. The molecule has 1 aromatic carbocycles. The van der Waals surface area contributed by atoms with Gasteiger partial charge in [0.25, 0.3) is 0 Å². The first kappa shape index (κ1) is 19.9. The number of para-hydroxylation sites is 1. The van der Waals surface area contributed by atoms with Crippen molar-refractivity contribution < 1.29 is 23.1 Å². The number of nitrogens with zero attached hydrogens (tertiary/aromatic N) is 3. The summed E-state index contributed by atoms with van der Waals surface area (Å²) in [5.41, 5.74) is -2.15. The van der Waals surface area contributed by atoms with Crippen LogP contribution in [0, 0.1) is 0 Å². The van der Waals surface area contributed by atoms with Gasteiger partial charge in [-0.2, -0.15) is 13.2 Å². The predicted molar refractivity (Wildman–Crippen MR) is 99.9 cm³/mol. The number of fused-ring (bicyclic) bond motifs is 2. The summed E-state index contributed by atoms with van der Waals surface area (Å²) in [4.78, 5) is 18.8. The second-order valence-corrected chi connectivity index (χ2v) is 7.95.